The Kier molecular flexibility index (Phi) is 5.31. The zero-order valence-electron chi connectivity index (χ0n) is 18.3. The van der Waals surface area contributed by atoms with E-state index in [-0.39, 0.29) is 17.4 Å². The number of carbonyl (C=O) groups excluding carboxylic acids is 2. The topological polar surface area (TPSA) is 66.4 Å². The van der Waals surface area contributed by atoms with E-state index in [1.165, 1.54) is 31.5 Å². The largest absolute Gasteiger partial charge is 0.361 e. The molecule has 3 aliphatic rings. The van der Waals surface area contributed by atoms with Crippen LogP contribution < -0.4 is 10.6 Å². The van der Waals surface area contributed by atoms with Crippen LogP contribution in [0.2, 0.25) is 0 Å². The molecule has 2 fully saturated rings. The molecular weight excluding hydrogens is 400 g/mol. The number of nitrogens with zero attached hydrogens (tertiary/aromatic N) is 2. The van der Waals surface area contributed by atoms with Crippen LogP contribution in [0.3, 0.4) is 0 Å². The highest BCUT2D eigenvalue weighted by molar-refractivity contribution is 6.20. The van der Waals surface area contributed by atoms with Crippen LogP contribution >= 0.6 is 0 Å². The van der Waals surface area contributed by atoms with Crippen LogP contribution in [0, 0.1) is 0 Å². The summed E-state index contributed by atoms with van der Waals surface area (Å²) in [4.78, 5) is 27.6. The number of likely N-dealkylation sites (tertiary alicyclic amines) is 1. The highest BCUT2D eigenvalue weighted by Crippen LogP contribution is 2.37. The molecule has 1 aliphatic carbocycles. The first-order valence-corrected chi connectivity index (χ1v) is 11.2. The van der Waals surface area contributed by atoms with Gasteiger partial charge in [0.2, 0.25) is 0 Å². The number of nitrogens with one attached hydrogen (secondary N) is 2. The molecule has 32 heavy (non-hydrogen) atoms. The third kappa shape index (κ3) is 3.94. The lowest BCUT2D eigenvalue weighted by Gasteiger charge is -2.34. The standard InChI is InChI=1S/C26H28N4O2/c1-26(30-14-4-5-15-30)11-10-21-22(16-26)23(25(32)28-24(21)31)17-27-20-8-6-19(7-9-20)18-29-12-2-3-13-29/h4-10,14-17,27H,2-3,11-13,18H2,1H3,(H,28,31,32)/b23-17-/t26-/m0/s1. The van der Waals surface area contributed by atoms with Crippen LogP contribution in [0.5, 0.6) is 0 Å². The summed E-state index contributed by atoms with van der Waals surface area (Å²) in [6.45, 7) is 5.43. The molecule has 0 radical (unpaired) electrons. The summed E-state index contributed by atoms with van der Waals surface area (Å²) in [5, 5.41) is 5.72. The SMILES string of the molecule is C[C@@]1(n2cccc2)C=C2C(=CC1)C(=O)NC(=O)/C2=C\Nc1ccc(CN2CCCC2)cc1. The van der Waals surface area contributed by atoms with Crippen molar-refractivity contribution in [3.05, 3.63) is 89.4 Å². The van der Waals surface area contributed by atoms with Crippen molar-refractivity contribution in [2.24, 2.45) is 0 Å². The van der Waals surface area contributed by atoms with Crippen LogP contribution in [0.1, 0.15) is 31.7 Å². The van der Waals surface area contributed by atoms with E-state index in [1.807, 2.05) is 48.8 Å². The number of amides is 2. The number of fused-ring (bicyclic) bond motifs is 1. The molecule has 2 N–H and O–H groups in total. The van der Waals surface area contributed by atoms with Gasteiger partial charge in [0.25, 0.3) is 11.8 Å². The summed E-state index contributed by atoms with van der Waals surface area (Å²) >= 11 is 0. The third-order valence-corrected chi connectivity index (χ3v) is 6.61. The quantitative estimate of drug-likeness (QED) is 0.563. The van der Waals surface area contributed by atoms with Gasteiger partial charge in [-0.3, -0.25) is 19.8 Å². The van der Waals surface area contributed by atoms with Crippen LogP contribution in [-0.4, -0.2) is 34.4 Å². The summed E-state index contributed by atoms with van der Waals surface area (Å²) < 4.78 is 2.11. The Hall–Kier alpha value is -3.38. The fraction of sp³-hybridized carbons (Fsp3) is 0.308. The lowest BCUT2D eigenvalue weighted by molar-refractivity contribution is -0.126. The number of carbonyl (C=O) groups is 2. The van der Waals surface area contributed by atoms with E-state index in [2.05, 4.69) is 39.2 Å². The number of rotatable bonds is 5. The van der Waals surface area contributed by atoms with Crippen LogP contribution in [0.15, 0.2) is 83.9 Å². The molecule has 0 spiro atoms. The van der Waals surface area contributed by atoms with Crippen LogP contribution in [-0.2, 0) is 21.7 Å². The van der Waals surface area contributed by atoms with Gasteiger partial charge in [-0.05, 0) is 80.8 Å². The van der Waals surface area contributed by atoms with Gasteiger partial charge in [-0.15, -0.1) is 0 Å². The van der Waals surface area contributed by atoms with E-state index < -0.39 is 0 Å². The van der Waals surface area contributed by atoms with Gasteiger partial charge in [-0.25, -0.2) is 0 Å². The predicted octanol–water partition coefficient (Wildman–Crippen LogP) is 3.71. The highest BCUT2D eigenvalue weighted by Gasteiger charge is 2.36. The van der Waals surface area contributed by atoms with Crippen molar-refractivity contribution >= 4 is 17.5 Å². The van der Waals surface area contributed by atoms with Crippen molar-refractivity contribution in [2.75, 3.05) is 18.4 Å². The molecule has 0 bridgehead atoms. The van der Waals surface area contributed by atoms with E-state index >= 15 is 0 Å². The Morgan fingerprint density at radius 3 is 2.47 bits per heavy atom. The Morgan fingerprint density at radius 2 is 1.75 bits per heavy atom. The molecule has 6 heteroatoms. The van der Waals surface area contributed by atoms with Crippen molar-refractivity contribution in [3.8, 4) is 0 Å². The molecule has 2 amide bonds. The van der Waals surface area contributed by atoms with E-state index in [1.54, 1.807) is 6.20 Å². The average Bonchev–Trinajstić information content (AvgIpc) is 3.49. The fourth-order valence-corrected chi connectivity index (χ4v) is 4.72. The Balaban J connectivity index is 1.38. The number of hydrogen-bond donors (Lipinski definition) is 2. The lowest BCUT2D eigenvalue weighted by Crippen LogP contribution is -2.42. The maximum Gasteiger partial charge on any atom is 0.260 e. The van der Waals surface area contributed by atoms with Crippen molar-refractivity contribution in [1.29, 1.82) is 0 Å². The molecule has 0 saturated carbocycles. The summed E-state index contributed by atoms with van der Waals surface area (Å²) in [5.74, 6) is -0.715. The van der Waals surface area contributed by atoms with Gasteiger partial charge in [0.15, 0.2) is 0 Å². The Labute approximate surface area is 188 Å². The molecule has 0 unspecified atom stereocenters. The summed E-state index contributed by atoms with van der Waals surface area (Å²) in [5.41, 5.74) is 3.56. The molecular formula is C26H28N4O2. The molecule has 1 aromatic carbocycles. The number of hydrogen-bond acceptors (Lipinski definition) is 4. The van der Waals surface area contributed by atoms with Gasteiger partial charge >= 0.3 is 0 Å². The van der Waals surface area contributed by atoms with Gasteiger partial charge in [0.05, 0.1) is 11.1 Å². The number of benzene rings is 1. The predicted molar refractivity (Wildman–Crippen MR) is 125 cm³/mol. The second-order valence-corrected chi connectivity index (χ2v) is 8.99. The van der Waals surface area contributed by atoms with Gasteiger partial charge in [0.1, 0.15) is 0 Å². The molecule has 164 valence electrons. The highest BCUT2D eigenvalue weighted by atomic mass is 16.2. The third-order valence-electron chi connectivity index (χ3n) is 6.61. The van der Waals surface area contributed by atoms with Crippen LogP contribution in [0.4, 0.5) is 5.69 Å². The molecule has 1 aromatic heterocycles. The average molecular weight is 429 g/mol. The maximum atomic E-state index is 12.7. The van der Waals surface area contributed by atoms with Crippen molar-refractivity contribution in [3.63, 3.8) is 0 Å². The zero-order valence-corrected chi connectivity index (χ0v) is 18.3. The van der Waals surface area contributed by atoms with Crippen LogP contribution in [0.25, 0.3) is 0 Å². The van der Waals surface area contributed by atoms with Crippen molar-refractivity contribution in [1.82, 2.24) is 14.8 Å². The van der Waals surface area contributed by atoms with E-state index in [0.29, 0.717) is 23.1 Å². The first kappa shape index (κ1) is 20.5. The molecule has 1 atom stereocenters. The Bertz CT molecular complexity index is 1120. The number of piperidine rings is 1. The monoisotopic (exact) mass is 428 g/mol. The minimum absolute atomic E-state index is 0.334. The first-order chi connectivity index (χ1) is 15.5. The van der Waals surface area contributed by atoms with Gasteiger partial charge in [-0.1, -0.05) is 18.2 Å². The van der Waals surface area contributed by atoms with Crippen molar-refractivity contribution < 1.29 is 9.59 Å². The maximum absolute atomic E-state index is 12.7. The van der Waals surface area contributed by atoms with Gasteiger partial charge < -0.3 is 9.88 Å². The Morgan fingerprint density at radius 1 is 1.03 bits per heavy atom. The zero-order chi connectivity index (χ0) is 22.1. The summed E-state index contributed by atoms with van der Waals surface area (Å²) in [6.07, 6.45) is 12.9. The minimum atomic E-state index is -0.381. The van der Waals surface area contributed by atoms with Gasteiger partial charge in [0, 0.05) is 36.4 Å². The second-order valence-electron chi connectivity index (χ2n) is 8.99. The van der Waals surface area contributed by atoms with Gasteiger partial charge in [-0.2, -0.15) is 0 Å². The second kappa shape index (κ2) is 8.28. The summed E-state index contributed by atoms with van der Waals surface area (Å²) in [6, 6.07) is 12.3. The van der Waals surface area contributed by atoms with E-state index in [0.717, 1.165) is 12.2 Å². The number of aromatic nitrogens is 1. The molecule has 2 aliphatic heterocycles. The smallest absolute Gasteiger partial charge is 0.260 e. The molecule has 5 rings (SSSR count). The normalized spacial score (nSPS) is 24.7. The number of allylic oxidation sites excluding steroid dienone is 2. The first-order valence-electron chi connectivity index (χ1n) is 11.2. The molecule has 2 aromatic rings. The summed E-state index contributed by atoms with van der Waals surface area (Å²) in [7, 11) is 0. The lowest BCUT2D eigenvalue weighted by atomic mass is 9.80. The molecule has 6 nitrogen and oxygen atoms in total. The number of imide groups is 1. The molecule has 2 saturated heterocycles. The molecule has 3 heterocycles. The van der Waals surface area contributed by atoms with Crippen molar-refractivity contribution in [2.45, 2.75) is 38.3 Å². The minimum Gasteiger partial charge on any atom is -0.361 e. The van der Waals surface area contributed by atoms with E-state index in [4.69, 9.17) is 0 Å². The van der Waals surface area contributed by atoms with E-state index in [9.17, 15) is 9.59 Å². The number of anilines is 1. The fourth-order valence-electron chi connectivity index (χ4n) is 4.72.